The molecule has 0 unspecified atom stereocenters. The van der Waals surface area contributed by atoms with Crippen molar-refractivity contribution >= 4 is 5.65 Å². The van der Waals surface area contributed by atoms with Gasteiger partial charge in [0.15, 0.2) is 11.5 Å². The smallest absolute Gasteiger partial charge is 0.160 e. The second-order valence-electron chi connectivity index (χ2n) is 5.81. The largest absolute Gasteiger partial charge is 0.508 e. The molecule has 0 saturated heterocycles. The average molecular weight is 310 g/mol. The molecule has 0 amide bonds. The molecule has 23 heavy (non-hydrogen) atoms. The summed E-state index contributed by atoms with van der Waals surface area (Å²) in [6.45, 7) is 4.26. The molecule has 0 radical (unpaired) electrons. The van der Waals surface area contributed by atoms with E-state index in [0.717, 1.165) is 29.9 Å². The van der Waals surface area contributed by atoms with Crippen molar-refractivity contribution in [2.24, 2.45) is 0 Å². The van der Waals surface area contributed by atoms with Crippen molar-refractivity contribution in [3.63, 3.8) is 0 Å². The van der Waals surface area contributed by atoms with Crippen molar-refractivity contribution in [2.75, 3.05) is 0 Å². The number of aromatic hydroxyl groups is 1. The van der Waals surface area contributed by atoms with E-state index in [0.29, 0.717) is 0 Å². The van der Waals surface area contributed by atoms with Crippen LogP contribution in [-0.4, -0.2) is 19.7 Å². The summed E-state index contributed by atoms with van der Waals surface area (Å²) >= 11 is 0. The minimum Gasteiger partial charge on any atom is -0.508 e. The number of phenols is 1. The van der Waals surface area contributed by atoms with E-state index < -0.39 is 0 Å². The molecule has 0 aliphatic heterocycles. The number of hydrogen-bond acceptors (Lipinski definition) is 4. The lowest BCUT2D eigenvalue weighted by Gasteiger charge is -2.22. The predicted octanol–water partition coefficient (Wildman–Crippen LogP) is 3.63. The maximum Gasteiger partial charge on any atom is 0.160 e. The molecule has 2 aromatic heterocycles. The van der Waals surface area contributed by atoms with Crippen LogP contribution in [0.4, 0.5) is 0 Å². The first-order chi connectivity index (χ1) is 11.2. The van der Waals surface area contributed by atoms with E-state index in [1.807, 2.05) is 40.9 Å². The van der Waals surface area contributed by atoms with Gasteiger partial charge in [0.1, 0.15) is 5.75 Å². The van der Waals surface area contributed by atoms with Gasteiger partial charge < -0.3 is 10.4 Å². The fourth-order valence-corrected chi connectivity index (χ4v) is 2.87. The Kier molecular flexibility index (Phi) is 4.57. The summed E-state index contributed by atoms with van der Waals surface area (Å²) in [6.07, 6.45) is 4.01. The standard InChI is InChI=1S/C18H22N4O/c1-3-7-16(18-21-20-17-10-4-5-11-22(17)18)19-13(2)14-8-6-9-15(23)12-14/h4-6,8-13,16,19,23H,3,7H2,1-2H3/t13-,16-/m0/s1. The number of nitrogens with one attached hydrogen (secondary N) is 1. The van der Waals surface area contributed by atoms with Crippen LogP contribution in [0.15, 0.2) is 48.7 Å². The van der Waals surface area contributed by atoms with Crippen LogP contribution in [0.1, 0.15) is 50.2 Å². The Labute approximate surface area is 136 Å². The topological polar surface area (TPSA) is 62.5 Å². The molecule has 0 bridgehead atoms. The Morgan fingerprint density at radius 3 is 2.83 bits per heavy atom. The molecule has 2 N–H and O–H groups in total. The van der Waals surface area contributed by atoms with Crippen LogP contribution in [0.5, 0.6) is 5.75 Å². The number of phenolic OH excluding ortho intramolecular Hbond substituents is 1. The van der Waals surface area contributed by atoms with Gasteiger partial charge in [0.25, 0.3) is 0 Å². The molecule has 0 fully saturated rings. The highest BCUT2D eigenvalue weighted by atomic mass is 16.3. The molecule has 1 aromatic carbocycles. The van der Waals surface area contributed by atoms with Gasteiger partial charge in [-0.05, 0) is 43.2 Å². The summed E-state index contributed by atoms with van der Waals surface area (Å²) < 4.78 is 2.03. The Balaban J connectivity index is 1.87. The monoisotopic (exact) mass is 310 g/mol. The molecule has 2 atom stereocenters. The first kappa shape index (κ1) is 15.5. The molecule has 2 heterocycles. The summed E-state index contributed by atoms with van der Waals surface area (Å²) in [5, 5.41) is 21.9. The van der Waals surface area contributed by atoms with Gasteiger partial charge in [0, 0.05) is 12.2 Å². The summed E-state index contributed by atoms with van der Waals surface area (Å²) in [6, 6.07) is 13.5. The number of aromatic nitrogens is 3. The van der Waals surface area contributed by atoms with Gasteiger partial charge in [-0.2, -0.15) is 0 Å². The molecule has 120 valence electrons. The normalized spacial score (nSPS) is 14.0. The zero-order valence-electron chi connectivity index (χ0n) is 13.5. The molecule has 0 aliphatic carbocycles. The van der Waals surface area contributed by atoms with Gasteiger partial charge in [-0.1, -0.05) is 31.5 Å². The van der Waals surface area contributed by atoms with Gasteiger partial charge in [0.2, 0.25) is 0 Å². The fraction of sp³-hybridized carbons (Fsp3) is 0.333. The van der Waals surface area contributed by atoms with Gasteiger partial charge in [-0.25, -0.2) is 0 Å². The predicted molar refractivity (Wildman–Crippen MR) is 90.3 cm³/mol. The number of rotatable bonds is 6. The lowest BCUT2D eigenvalue weighted by Crippen LogP contribution is -2.26. The van der Waals surface area contributed by atoms with Crippen LogP contribution in [0.25, 0.3) is 5.65 Å². The quantitative estimate of drug-likeness (QED) is 0.730. The lowest BCUT2D eigenvalue weighted by molar-refractivity contribution is 0.418. The van der Waals surface area contributed by atoms with Crippen molar-refractivity contribution in [1.82, 2.24) is 19.9 Å². The zero-order valence-corrected chi connectivity index (χ0v) is 13.5. The van der Waals surface area contributed by atoms with E-state index in [-0.39, 0.29) is 17.8 Å². The highest BCUT2D eigenvalue weighted by Gasteiger charge is 2.20. The van der Waals surface area contributed by atoms with Crippen molar-refractivity contribution in [1.29, 1.82) is 0 Å². The fourth-order valence-electron chi connectivity index (χ4n) is 2.87. The highest BCUT2D eigenvalue weighted by Crippen LogP contribution is 2.24. The number of pyridine rings is 1. The van der Waals surface area contributed by atoms with E-state index in [9.17, 15) is 5.11 Å². The molecule has 3 rings (SSSR count). The molecule has 5 nitrogen and oxygen atoms in total. The van der Waals surface area contributed by atoms with Crippen LogP contribution in [-0.2, 0) is 0 Å². The maximum atomic E-state index is 9.67. The van der Waals surface area contributed by atoms with Crippen LogP contribution >= 0.6 is 0 Å². The van der Waals surface area contributed by atoms with Gasteiger partial charge in [-0.15, -0.1) is 10.2 Å². The van der Waals surface area contributed by atoms with Crippen LogP contribution in [0.2, 0.25) is 0 Å². The molecule has 3 aromatic rings. The second-order valence-corrected chi connectivity index (χ2v) is 5.81. The zero-order chi connectivity index (χ0) is 16.2. The third-order valence-corrected chi connectivity index (χ3v) is 4.05. The third kappa shape index (κ3) is 3.35. The summed E-state index contributed by atoms with van der Waals surface area (Å²) in [5.41, 5.74) is 1.91. The summed E-state index contributed by atoms with van der Waals surface area (Å²) in [4.78, 5) is 0. The third-order valence-electron chi connectivity index (χ3n) is 4.05. The van der Waals surface area contributed by atoms with E-state index in [1.54, 1.807) is 12.1 Å². The van der Waals surface area contributed by atoms with E-state index >= 15 is 0 Å². The highest BCUT2D eigenvalue weighted by molar-refractivity contribution is 5.37. The first-order valence-corrected chi connectivity index (χ1v) is 8.03. The maximum absolute atomic E-state index is 9.67. The number of hydrogen-bond donors (Lipinski definition) is 2. The van der Waals surface area contributed by atoms with Crippen molar-refractivity contribution < 1.29 is 5.11 Å². The molecular formula is C18H22N4O. The van der Waals surface area contributed by atoms with Crippen LogP contribution in [0, 0.1) is 0 Å². The van der Waals surface area contributed by atoms with Crippen molar-refractivity contribution in [3.05, 3.63) is 60.0 Å². The minimum absolute atomic E-state index is 0.106. The van der Waals surface area contributed by atoms with E-state index in [4.69, 9.17) is 0 Å². The van der Waals surface area contributed by atoms with Crippen molar-refractivity contribution in [3.8, 4) is 5.75 Å². The molecular weight excluding hydrogens is 288 g/mol. The minimum atomic E-state index is 0.106. The molecule has 0 spiro atoms. The van der Waals surface area contributed by atoms with Gasteiger partial charge in [0.05, 0.1) is 6.04 Å². The SMILES string of the molecule is CCC[C@H](N[C@@H](C)c1cccc(O)c1)c1nnc2ccccn12. The Bertz CT molecular complexity index is 783. The molecule has 5 heteroatoms. The molecule has 0 aliphatic rings. The summed E-state index contributed by atoms with van der Waals surface area (Å²) in [7, 11) is 0. The van der Waals surface area contributed by atoms with E-state index in [1.165, 1.54) is 0 Å². The number of benzene rings is 1. The Morgan fingerprint density at radius 1 is 1.17 bits per heavy atom. The Hall–Kier alpha value is -2.40. The Morgan fingerprint density at radius 2 is 2.04 bits per heavy atom. The lowest BCUT2D eigenvalue weighted by atomic mass is 10.0. The summed E-state index contributed by atoms with van der Waals surface area (Å²) in [5.74, 6) is 1.21. The van der Waals surface area contributed by atoms with Crippen LogP contribution in [0.3, 0.4) is 0 Å². The van der Waals surface area contributed by atoms with Gasteiger partial charge in [-0.3, -0.25) is 4.40 Å². The first-order valence-electron chi connectivity index (χ1n) is 8.03. The second kappa shape index (κ2) is 6.79. The van der Waals surface area contributed by atoms with Gasteiger partial charge >= 0.3 is 0 Å². The van der Waals surface area contributed by atoms with E-state index in [2.05, 4.69) is 29.4 Å². The van der Waals surface area contributed by atoms with Crippen molar-refractivity contribution in [2.45, 2.75) is 38.8 Å². The number of nitrogens with zero attached hydrogens (tertiary/aromatic N) is 3. The number of fused-ring (bicyclic) bond motifs is 1. The average Bonchev–Trinajstić information content (AvgIpc) is 2.98. The van der Waals surface area contributed by atoms with Crippen LogP contribution < -0.4 is 5.32 Å². The molecule has 0 saturated carbocycles.